The van der Waals surface area contributed by atoms with E-state index in [1.54, 1.807) is 0 Å². The third-order valence-corrected chi connectivity index (χ3v) is 6.39. The van der Waals surface area contributed by atoms with Gasteiger partial charge in [-0.3, -0.25) is 0 Å². The Hall–Kier alpha value is -3.43. The highest BCUT2D eigenvalue weighted by Crippen LogP contribution is 2.43. The van der Waals surface area contributed by atoms with Crippen molar-refractivity contribution in [2.75, 3.05) is 0 Å². The van der Waals surface area contributed by atoms with Gasteiger partial charge in [0.05, 0.1) is 22.5 Å². The average molecular weight is 422 g/mol. The molecule has 0 unspecified atom stereocenters. The molecule has 0 amide bonds. The Morgan fingerprint density at radius 2 is 1.58 bits per heavy atom. The lowest BCUT2D eigenvalue weighted by Crippen LogP contribution is -2.09. The fourth-order valence-corrected chi connectivity index (χ4v) is 4.86. The van der Waals surface area contributed by atoms with Crippen LogP contribution in [0, 0.1) is 6.92 Å². The Morgan fingerprint density at radius 3 is 2.39 bits per heavy atom. The molecule has 0 aliphatic heterocycles. The Kier molecular flexibility index (Phi) is 4.18. The van der Waals surface area contributed by atoms with Crippen LogP contribution in [-0.4, -0.2) is 14.8 Å². The van der Waals surface area contributed by atoms with Crippen LogP contribution in [0.25, 0.3) is 39.1 Å². The first-order valence-electron chi connectivity index (χ1n) is 10.5. The molecule has 0 atom stereocenters. The molecule has 2 aromatic heterocycles. The zero-order chi connectivity index (χ0) is 20.9. The highest BCUT2D eigenvalue weighted by atomic mass is 35.5. The Bertz CT molecular complexity index is 1430. The molecule has 3 aromatic carbocycles. The van der Waals surface area contributed by atoms with Crippen molar-refractivity contribution in [3.8, 4) is 28.1 Å². The second kappa shape index (κ2) is 7.07. The maximum Gasteiger partial charge on any atom is 0.164 e. The summed E-state index contributed by atoms with van der Waals surface area (Å²) in [6.07, 6.45) is 1.98. The van der Waals surface area contributed by atoms with Crippen LogP contribution in [0.2, 0.25) is 5.02 Å². The fourth-order valence-electron chi connectivity index (χ4n) is 4.73. The van der Waals surface area contributed by atoms with Gasteiger partial charge in [-0.1, -0.05) is 66.2 Å². The summed E-state index contributed by atoms with van der Waals surface area (Å²) in [5.74, 6) is 0. The van der Waals surface area contributed by atoms with Crippen molar-refractivity contribution < 1.29 is 0 Å². The average Bonchev–Trinajstić information content (AvgIpc) is 3.15. The summed E-state index contributed by atoms with van der Waals surface area (Å²) in [5, 5.41) is 6.77. The number of aryl methyl sites for hydroxylation is 2. The number of rotatable bonds is 2. The standard InChI is InChI=1S/C27H20ClN3/c1-17-24-25(19-11-14-20(28)15-12-19)23-16-13-18-7-5-6-10-22(18)26(23)29-27(24)31(30-17)21-8-3-2-4-9-21/h2-12,14-15H,13,16H2,1H3. The molecule has 0 saturated carbocycles. The van der Waals surface area contributed by atoms with Crippen LogP contribution >= 0.6 is 11.6 Å². The molecule has 0 N–H and O–H groups in total. The first kappa shape index (κ1) is 18.3. The number of halogens is 1. The number of nitrogens with zero attached hydrogens (tertiary/aromatic N) is 3. The smallest absolute Gasteiger partial charge is 0.164 e. The van der Waals surface area contributed by atoms with Gasteiger partial charge in [0, 0.05) is 10.6 Å². The summed E-state index contributed by atoms with van der Waals surface area (Å²) < 4.78 is 1.97. The van der Waals surface area contributed by atoms with E-state index in [0.29, 0.717) is 0 Å². The largest absolute Gasteiger partial charge is 0.228 e. The normalized spacial score (nSPS) is 12.6. The van der Waals surface area contributed by atoms with Crippen LogP contribution in [-0.2, 0) is 12.8 Å². The SMILES string of the molecule is Cc1nn(-c2ccccc2)c2nc3c(c(-c4ccc(Cl)cc4)c12)CCc1ccccc1-3. The molecule has 4 heteroatoms. The van der Waals surface area contributed by atoms with E-state index in [-0.39, 0.29) is 0 Å². The van der Waals surface area contributed by atoms with E-state index >= 15 is 0 Å². The summed E-state index contributed by atoms with van der Waals surface area (Å²) in [5.41, 5.74) is 10.2. The summed E-state index contributed by atoms with van der Waals surface area (Å²) in [4.78, 5) is 5.23. The van der Waals surface area contributed by atoms with E-state index in [1.165, 1.54) is 22.3 Å². The van der Waals surface area contributed by atoms with Gasteiger partial charge in [-0.15, -0.1) is 0 Å². The summed E-state index contributed by atoms with van der Waals surface area (Å²) in [6.45, 7) is 2.08. The Morgan fingerprint density at radius 1 is 0.839 bits per heavy atom. The molecule has 1 aliphatic rings. The van der Waals surface area contributed by atoms with Crippen molar-refractivity contribution in [3.63, 3.8) is 0 Å². The molecule has 3 nitrogen and oxygen atoms in total. The number of pyridine rings is 1. The van der Waals surface area contributed by atoms with Crippen LogP contribution in [0.4, 0.5) is 0 Å². The van der Waals surface area contributed by atoms with Crippen molar-refractivity contribution in [1.82, 2.24) is 14.8 Å². The molecule has 2 heterocycles. The second-order valence-electron chi connectivity index (χ2n) is 8.01. The molecule has 0 spiro atoms. The molecule has 5 aromatic rings. The first-order chi connectivity index (χ1) is 15.2. The van der Waals surface area contributed by atoms with Gasteiger partial charge >= 0.3 is 0 Å². The number of aromatic nitrogens is 3. The maximum atomic E-state index is 6.21. The first-order valence-corrected chi connectivity index (χ1v) is 10.9. The molecule has 1 aliphatic carbocycles. The molecular formula is C27H20ClN3. The van der Waals surface area contributed by atoms with E-state index in [2.05, 4.69) is 55.5 Å². The second-order valence-corrected chi connectivity index (χ2v) is 8.45. The zero-order valence-electron chi connectivity index (χ0n) is 17.1. The third-order valence-electron chi connectivity index (χ3n) is 6.14. The maximum absolute atomic E-state index is 6.21. The number of fused-ring (bicyclic) bond motifs is 4. The Labute approximate surface area is 186 Å². The van der Waals surface area contributed by atoms with Gasteiger partial charge in [0.2, 0.25) is 0 Å². The van der Waals surface area contributed by atoms with E-state index in [0.717, 1.165) is 51.5 Å². The van der Waals surface area contributed by atoms with Crippen molar-refractivity contribution in [2.24, 2.45) is 0 Å². The van der Waals surface area contributed by atoms with Crippen LogP contribution in [0.5, 0.6) is 0 Å². The van der Waals surface area contributed by atoms with Crippen LogP contribution in [0.1, 0.15) is 16.8 Å². The quantitative estimate of drug-likeness (QED) is 0.313. The van der Waals surface area contributed by atoms with E-state index in [1.807, 2.05) is 35.0 Å². The van der Waals surface area contributed by atoms with Crippen molar-refractivity contribution in [1.29, 1.82) is 0 Å². The van der Waals surface area contributed by atoms with Crippen molar-refractivity contribution >= 4 is 22.6 Å². The summed E-state index contributed by atoms with van der Waals surface area (Å²) in [7, 11) is 0. The van der Waals surface area contributed by atoms with Crippen molar-refractivity contribution in [2.45, 2.75) is 19.8 Å². The van der Waals surface area contributed by atoms with Crippen LogP contribution in [0.3, 0.4) is 0 Å². The number of benzene rings is 3. The molecule has 0 saturated heterocycles. The van der Waals surface area contributed by atoms with Gasteiger partial charge in [0.15, 0.2) is 5.65 Å². The fraction of sp³-hybridized carbons (Fsp3) is 0.111. The minimum absolute atomic E-state index is 0.741. The number of hydrogen-bond acceptors (Lipinski definition) is 2. The molecular weight excluding hydrogens is 402 g/mol. The molecule has 31 heavy (non-hydrogen) atoms. The van der Waals surface area contributed by atoms with Crippen LogP contribution in [0.15, 0.2) is 78.9 Å². The minimum Gasteiger partial charge on any atom is -0.228 e. The predicted octanol–water partition coefficient (Wildman–Crippen LogP) is 6.81. The molecule has 150 valence electrons. The summed E-state index contributed by atoms with van der Waals surface area (Å²) in [6, 6.07) is 27.0. The van der Waals surface area contributed by atoms with Gasteiger partial charge < -0.3 is 0 Å². The lowest BCUT2D eigenvalue weighted by molar-refractivity contribution is 0.875. The monoisotopic (exact) mass is 421 g/mol. The van der Waals surface area contributed by atoms with E-state index in [4.69, 9.17) is 21.7 Å². The zero-order valence-corrected chi connectivity index (χ0v) is 17.9. The topological polar surface area (TPSA) is 30.7 Å². The molecule has 6 rings (SSSR count). The highest BCUT2D eigenvalue weighted by Gasteiger charge is 2.26. The van der Waals surface area contributed by atoms with Crippen LogP contribution < -0.4 is 0 Å². The van der Waals surface area contributed by atoms with E-state index in [9.17, 15) is 0 Å². The highest BCUT2D eigenvalue weighted by molar-refractivity contribution is 6.30. The van der Waals surface area contributed by atoms with E-state index < -0.39 is 0 Å². The van der Waals surface area contributed by atoms with Gasteiger partial charge in [-0.05, 0) is 66.3 Å². The minimum atomic E-state index is 0.741. The van der Waals surface area contributed by atoms with Gasteiger partial charge in [0.1, 0.15) is 0 Å². The van der Waals surface area contributed by atoms with Gasteiger partial charge in [0.25, 0.3) is 0 Å². The molecule has 0 radical (unpaired) electrons. The van der Waals surface area contributed by atoms with Gasteiger partial charge in [-0.2, -0.15) is 5.10 Å². The lowest BCUT2D eigenvalue weighted by Gasteiger charge is -2.23. The number of para-hydroxylation sites is 1. The molecule has 0 bridgehead atoms. The predicted molar refractivity (Wildman–Crippen MR) is 127 cm³/mol. The van der Waals surface area contributed by atoms with Gasteiger partial charge in [-0.25, -0.2) is 9.67 Å². The third kappa shape index (κ3) is 2.88. The number of hydrogen-bond donors (Lipinski definition) is 0. The lowest BCUT2D eigenvalue weighted by atomic mass is 9.83. The van der Waals surface area contributed by atoms with Crippen molar-refractivity contribution in [3.05, 3.63) is 101 Å². The Balaban J connectivity index is 1.75. The summed E-state index contributed by atoms with van der Waals surface area (Å²) >= 11 is 6.21. The molecule has 0 fully saturated rings.